The molecule has 3 nitrogen and oxygen atoms in total. The second-order valence-electron chi connectivity index (χ2n) is 4.21. The maximum Gasteiger partial charge on any atom is 0.251 e. The summed E-state index contributed by atoms with van der Waals surface area (Å²) in [6.45, 7) is 2.54. The van der Waals surface area contributed by atoms with Crippen LogP contribution in [0.2, 0.25) is 0 Å². The number of alkyl halides is 2. The number of rotatable bonds is 1. The van der Waals surface area contributed by atoms with Crippen molar-refractivity contribution < 1.29 is 8.78 Å². The quantitative estimate of drug-likeness (QED) is 0.799. The first-order valence-corrected chi connectivity index (χ1v) is 5.34. The molecule has 0 unspecified atom stereocenters. The van der Waals surface area contributed by atoms with Crippen LogP contribution in [0.25, 0.3) is 0 Å². The van der Waals surface area contributed by atoms with Gasteiger partial charge in [0.05, 0.1) is 0 Å². The Kier molecular flexibility index (Phi) is 2.69. The predicted octanol–water partition coefficient (Wildman–Crippen LogP) is 2.21. The fourth-order valence-corrected chi connectivity index (χ4v) is 1.77. The van der Waals surface area contributed by atoms with Gasteiger partial charge in [0, 0.05) is 25.9 Å². The van der Waals surface area contributed by atoms with Crippen LogP contribution in [0.15, 0.2) is 12.1 Å². The van der Waals surface area contributed by atoms with Gasteiger partial charge in [-0.1, -0.05) is 6.07 Å². The maximum atomic E-state index is 13.0. The first-order valence-electron chi connectivity index (χ1n) is 5.34. The van der Waals surface area contributed by atoms with Crippen LogP contribution >= 0.6 is 0 Å². The molecule has 0 radical (unpaired) electrons. The van der Waals surface area contributed by atoms with Crippen LogP contribution in [0.4, 0.5) is 20.4 Å². The van der Waals surface area contributed by atoms with Crippen LogP contribution in [-0.4, -0.2) is 24.0 Å². The molecular formula is C11H15F2N3. The molecule has 1 saturated heterocycles. The van der Waals surface area contributed by atoms with Crippen molar-refractivity contribution in [1.82, 2.24) is 4.98 Å². The molecule has 1 aliphatic heterocycles. The van der Waals surface area contributed by atoms with Crippen molar-refractivity contribution in [3.63, 3.8) is 0 Å². The first kappa shape index (κ1) is 11.1. The Morgan fingerprint density at radius 2 is 1.94 bits per heavy atom. The summed E-state index contributed by atoms with van der Waals surface area (Å²) in [5.41, 5.74) is 6.60. The number of hydrogen-bond donors (Lipinski definition) is 1. The summed E-state index contributed by atoms with van der Waals surface area (Å²) in [5.74, 6) is -1.36. The van der Waals surface area contributed by atoms with Gasteiger partial charge in [0.15, 0.2) is 0 Å². The zero-order valence-corrected chi connectivity index (χ0v) is 9.21. The molecule has 0 spiro atoms. The number of aryl methyl sites for hydroxylation is 1. The van der Waals surface area contributed by atoms with Gasteiger partial charge in [0.1, 0.15) is 11.6 Å². The Balaban J connectivity index is 2.11. The van der Waals surface area contributed by atoms with Gasteiger partial charge in [-0.15, -0.1) is 0 Å². The number of pyridine rings is 1. The molecule has 16 heavy (non-hydrogen) atoms. The van der Waals surface area contributed by atoms with Crippen molar-refractivity contribution in [3.8, 4) is 0 Å². The summed E-state index contributed by atoms with van der Waals surface area (Å²) in [7, 11) is 0. The topological polar surface area (TPSA) is 42.2 Å². The molecule has 2 heterocycles. The molecule has 1 aliphatic rings. The molecule has 0 aliphatic carbocycles. The van der Waals surface area contributed by atoms with E-state index in [4.69, 9.17) is 5.73 Å². The SMILES string of the molecule is Cc1ccc(N2CCC(F)(F)CC2)nc1N. The number of hydrogen-bond acceptors (Lipinski definition) is 3. The molecule has 0 atom stereocenters. The van der Waals surface area contributed by atoms with E-state index in [1.165, 1.54) is 0 Å². The van der Waals surface area contributed by atoms with Gasteiger partial charge in [-0.05, 0) is 18.6 Å². The summed E-state index contributed by atoms with van der Waals surface area (Å²) in [6.07, 6.45) is -0.217. The molecule has 1 aromatic rings. The summed E-state index contributed by atoms with van der Waals surface area (Å²) in [5, 5.41) is 0. The molecule has 1 aromatic heterocycles. The van der Waals surface area contributed by atoms with Crippen molar-refractivity contribution >= 4 is 11.6 Å². The molecule has 0 aromatic carbocycles. The average molecular weight is 227 g/mol. The smallest absolute Gasteiger partial charge is 0.251 e. The monoisotopic (exact) mass is 227 g/mol. The number of piperidine rings is 1. The van der Waals surface area contributed by atoms with Crippen LogP contribution in [-0.2, 0) is 0 Å². The van der Waals surface area contributed by atoms with E-state index in [-0.39, 0.29) is 12.8 Å². The van der Waals surface area contributed by atoms with Gasteiger partial charge in [0.2, 0.25) is 0 Å². The minimum atomic E-state index is -2.52. The molecular weight excluding hydrogens is 212 g/mol. The maximum absolute atomic E-state index is 13.0. The number of nitrogens with two attached hydrogens (primary N) is 1. The third-order valence-corrected chi connectivity index (χ3v) is 2.94. The highest BCUT2D eigenvalue weighted by Gasteiger charge is 2.34. The van der Waals surface area contributed by atoms with Gasteiger partial charge < -0.3 is 10.6 Å². The van der Waals surface area contributed by atoms with E-state index in [0.29, 0.717) is 24.7 Å². The standard InChI is InChI=1S/C11H15F2N3/c1-8-2-3-9(15-10(8)14)16-6-4-11(12,13)5-7-16/h2-3H,4-7H2,1H3,(H2,14,15). The summed E-state index contributed by atoms with van der Waals surface area (Å²) >= 11 is 0. The second kappa shape index (κ2) is 3.88. The highest BCUT2D eigenvalue weighted by molar-refractivity contribution is 5.49. The lowest BCUT2D eigenvalue weighted by molar-refractivity contribution is -0.0221. The largest absolute Gasteiger partial charge is 0.383 e. The summed E-state index contributed by atoms with van der Waals surface area (Å²) < 4.78 is 25.9. The van der Waals surface area contributed by atoms with Crippen molar-refractivity contribution in [1.29, 1.82) is 0 Å². The normalized spacial score (nSPS) is 19.8. The number of aromatic nitrogens is 1. The van der Waals surface area contributed by atoms with Crippen LogP contribution in [0.3, 0.4) is 0 Å². The molecule has 2 rings (SSSR count). The minimum absolute atomic E-state index is 0.109. The van der Waals surface area contributed by atoms with Gasteiger partial charge in [-0.25, -0.2) is 13.8 Å². The van der Waals surface area contributed by atoms with Gasteiger partial charge in [-0.3, -0.25) is 0 Å². The summed E-state index contributed by atoms with van der Waals surface area (Å²) in [4.78, 5) is 6.06. The minimum Gasteiger partial charge on any atom is -0.383 e. The Labute approximate surface area is 93.3 Å². The molecule has 0 bridgehead atoms. The van der Waals surface area contributed by atoms with E-state index < -0.39 is 5.92 Å². The second-order valence-corrected chi connectivity index (χ2v) is 4.21. The lowest BCUT2D eigenvalue weighted by Gasteiger charge is -2.32. The fourth-order valence-electron chi connectivity index (χ4n) is 1.77. The van der Waals surface area contributed by atoms with E-state index in [2.05, 4.69) is 4.98 Å². The van der Waals surface area contributed by atoms with Crippen LogP contribution in [0.1, 0.15) is 18.4 Å². The first-order chi connectivity index (χ1) is 7.48. The van der Waals surface area contributed by atoms with Gasteiger partial charge in [-0.2, -0.15) is 0 Å². The Morgan fingerprint density at radius 1 is 1.31 bits per heavy atom. The van der Waals surface area contributed by atoms with Crippen molar-refractivity contribution in [3.05, 3.63) is 17.7 Å². The lowest BCUT2D eigenvalue weighted by Crippen LogP contribution is -2.39. The molecule has 5 heteroatoms. The molecule has 2 N–H and O–H groups in total. The molecule has 0 amide bonds. The van der Waals surface area contributed by atoms with Crippen LogP contribution in [0.5, 0.6) is 0 Å². The van der Waals surface area contributed by atoms with E-state index in [0.717, 1.165) is 5.56 Å². The number of nitrogen functional groups attached to an aromatic ring is 1. The Hall–Kier alpha value is -1.39. The van der Waals surface area contributed by atoms with Crippen molar-refractivity contribution in [2.24, 2.45) is 0 Å². The Bertz CT molecular complexity index is 383. The van der Waals surface area contributed by atoms with Crippen LogP contribution < -0.4 is 10.6 Å². The predicted molar refractivity (Wildman–Crippen MR) is 59.8 cm³/mol. The summed E-state index contributed by atoms with van der Waals surface area (Å²) in [6, 6.07) is 3.69. The van der Waals surface area contributed by atoms with E-state index in [1.54, 1.807) is 0 Å². The molecule has 0 saturated carbocycles. The van der Waals surface area contributed by atoms with Gasteiger partial charge in [0.25, 0.3) is 5.92 Å². The highest BCUT2D eigenvalue weighted by atomic mass is 19.3. The number of halogens is 2. The lowest BCUT2D eigenvalue weighted by atomic mass is 10.1. The van der Waals surface area contributed by atoms with Crippen molar-refractivity contribution in [2.45, 2.75) is 25.7 Å². The Morgan fingerprint density at radius 3 is 2.50 bits per heavy atom. The third kappa shape index (κ3) is 2.23. The number of anilines is 2. The average Bonchev–Trinajstić information content (AvgIpc) is 2.22. The van der Waals surface area contributed by atoms with E-state index in [1.807, 2.05) is 24.0 Å². The number of nitrogens with zero attached hydrogens (tertiary/aromatic N) is 2. The van der Waals surface area contributed by atoms with Crippen molar-refractivity contribution in [2.75, 3.05) is 23.7 Å². The van der Waals surface area contributed by atoms with E-state index in [9.17, 15) is 8.78 Å². The van der Waals surface area contributed by atoms with Crippen LogP contribution in [0, 0.1) is 6.92 Å². The highest BCUT2D eigenvalue weighted by Crippen LogP contribution is 2.30. The fraction of sp³-hybridized carbons (Fsp3) is 0.545. The third-order valence-electron chi connectivity index (χ3n) is 2.94. The molecule has 88 valence electrons. The zero-order valence-electron chi connectivity index (χ0n) is 9.21. The zero-order chi connectivity index (χ0) is 11.8. The molecule has 1 fully saturated rings. The van der Waals surface area contributed by atoms with Gasteiger partial charge >= 0.3 is 0 Å². The van der Waals surface area contributed by atoms with E-state index >= 15 is 0 Å².